The van der Waals surface area contributed by atoms with Gasteiger partial charge in [-0.05, 0) is 38.5 Å². The molecule has 3 rings (SSSR count). The van der Waals surface area contributed by atoms with Crippen molar-refractivity contribution in [2.24, 2.45) is 4.99 Å². The number of nitrogens with zero attached hydrogens (tertiary/aromatic N) is 1. The monoisotopic (exact) mass is 289 g/mol. The van der Waals surface area contributed by atoms with Crippen LogP contribution in [0.4, 0.5) is 0 Å². The van der Waals surface area contributed by atoms with E-state index in [1.54, 1.807) is 0 Å². The lowest BCUT2D eigenvalue weighted by Crippen LogP contribution is -2.40. The van der Waals surface area contributed by atoms with Crippen molar-refractivity contribution in [3.63, 3.8) is 0 Å². The topological polar surface area (TPSA) is 72.0 Å². The summed E-state index contributed by atoms with van der Waals surface area (Å²) in [5.41, 5.74) is -0.0398. The molecule has 2 heterocycles. The average Bonchev–Trinajstić information content (AvgIpc) is 2.73. The Morgan fingerprint density at radius 2 is 1.95 bits per heavy atom. The fourth-order valence-corrected chi connectivity index (χ4v) is 2.44. The molecule has 0 bridgehead atoms. The van der Waals surface area contributed by atoms with Crippen LogP contribution in [0.5, 0.6) is 11.5 Å². The van der Waals surface area contributed by atoms with Gasteiger partial charge in [-0.15, -0.1) is 0 Å². The number of carbonyl (C=O) groups is 1. The molecule has 1 unspecified atom stereocenters. The highest BCUT2D eigenvalue weighted by molar-refractivity contribution is 6.09. The van der Waals surface area contributed by atoms with Crippen molar-refractivity contribution < 1.29 is 14.3 Å². The van der Waals surface area contributed by atoms with E-state index in [-0.39, 0.29) is 11.9 Å². The zero-order chi connectivity index (χ0) is 15.0. The molecule has 1 aromatic rings. The zero-order valence-electron chi connectivity index (χ0n) is 12.4. The summed E-state index contributed by atoms with van der Waals surface area (Å²) in [6.45, 7) is 6.82. The normalized spacial score (nSPS) is 25.9. The second kappa shape index (κ2) is 4.95. The van der Waals surface area contributed by atoms with Crippen LogP contribution in [-0.2, 0) is 10.3 Å². The van der Waals surface area contributed by atoms with Gasteiger partial charge in [-0.1, -0.05) is 6.07 Å². The van der Waals surface area contributed by atoms with Crippen molar-refractivity contribution >= 4 is 11.9 Å². The molecule has 1 fully saturated rings. The standard InChI is InChI=1S/C15H19N3O3/c1-9(2)16-14-17-13(19)15(3,18-14)10-4-5-11-12(8-10)21-7-6-20-11/h4-5,8-9H,6-7H2,1-3H3,(H2,16,17,18,19). The van der Waals surface area contributed by atoms with Gasteiger partial charge in [0, 0.05) is 6.04 Å². The van der Waals surface area contributed by atoms with Crippen LogP contribution in [0.25, 0.3) is 0 Å². The van der Waals surface area contributed by atoms with Gasteiger partial charge in [0.2, 0.25) is 0 Å². The van der Waals surface area contributed by atoms with Crippen molar-refractivity contribution in [2.45, 2.75) is 32.4 Å². The Bertz CT molecular complexity index is 612. The molecule has 0 aromatic heterocycles. The molecule has 0 radical (unpaired) electrons. The highest BCUT2D eigenvalue weighted by atomic mass is 16.6. The Morgan fingerprint density at radius 1 is 1.24 bits per heavy atom. The molecule has 2 aliphatic heterocycles. The number of nitrogens with one attached hydrogen (secondary N) is 2. The molecule has 1 aromatic carbocycles. The van der Waals surface area contributed by atoms with E-state index >= 15 is 0 Å². The van der Waals surface area contributed by atoms with Gasteiger partial charge in [0.1, 0.15) is 18.8 Å². The third-order valence-corrected chi connectivity index (χ3v) is 3.56. The SMILES string of the molecule is CC(C)N=C1NC(=O)C(C)(c2ccc3c(c2)OCCO3)N1. The molecule has 6 nitrogen and oxygen atoms in total. The smallest absolute Gasteiger partial charge is 0.256 e. The molecule has 0 spiro atoms. The van der Waals surface area contributed by atoms with Crippen LogP contribution >= 0.6 is 0 Å². The molecule has 21 heavy (non-hydrogen) atoms. The summed E-state index contributed by atoms with van der Waals surface area (Å²) in [4.78, 5) is 16.7. The van der Waals surface area contributed by atoms with Gasteiger partial charge in [-0.25, -0.2) is 0 Å². The Kier molecular flexibility index (Phi) is 3.23. The highest BCUT2D eigenvalue weighted by Crippen LogP contribution is 2.35. The molecule has 0 saturated carbocycles. The van der Waals surface area contributed by atoms with Gasteiger partial charge >= 0.3 is 0 Å². The van der Waals surface area contributed by atoms with Gasteiger partial charge in [0.25, 0.3) is 5.91 Å². The lowest BCUT2D eigenvalue weighted by atomic mass is 9.92. The summed E-state index contributed by atoms with van der Waals surface area (Å²) >= 11 is 0. The lowest BCUT2D eigenvalue weighted by molar-refractivity contribution is -0.123. The van der Waals surface area contributed by atoms with Crippen molar-refractivity contribution in [3.05, 3.63) is 23.8 Å². The largest absolute Gasteiger partial charge is 0.486 e. The second-order valence-corrected chi connectivity index (χ2v) is 5.63. The molecule has 2 aliphatic rings. The van der Waals surface area contributed by atoms with Crippen LogP contribution in [0.15, 0.2) is 23.2 Å². The van der Waals surface area contributed by atoms with E-state index in [2.05, 4.69) is 15.6 Å². The van der Waals surface area contributed by atoms with Crippen LogP contribution in [0.2, 0.25) is 0 Å². The highest BCUT2D eigenvalue weighted by Gasteiger charge is 2.43. The molecule has 6 heteroatoms. The van der Waals surface area contributed by atoms with Crippen LogP contribution in [0, 0.1) is 0 Å². The molecule has 1 atom stereocenters. The molecule has 0 aliphatic carbocycles. The number of guanidine groups is 1. The minimum atomic E-state index is -0.858. The number of aliphatic imine (C=N–C) groups is 1. The van der Waals surface area contributed by atoms with Crippen molar-refractivity contribution in [3.8, 4) is 11.5 Å². The number of hydrogen-bond donors (Lipinski definition) is 2. The predicted octanol–water partition coefficient (Wildman–Crippen LogP) is 1.16. The van der Waals surface area contributed by atoms with E-state index in [1.165, 1.54) is 0 Å². The maximum atomic E-state index is 12.3. The number of carbonyl (C=O) groups excluding carboxylic acids is 1. The first-order valence-electron chi connectivity index (χ1n) is 7.06. The predicted molar refractivity (Wildman–Crippen MR) is 78.6 cm³/mol. The lowest BCUT2D eigenvalue weighted by Gasteiger charge is -2.25. The number of fused-ring (bicyclic) bond motifs is 1. The van der Waals surface area contributed by atoms with Crippen LogP contribution in [0.3, 0.4) is 0 Å². The molecule has 112 valence electrons. The Hall–Kier alpha value is -2.24. The molecule has 1 amide bonds. The number of benzene rings is 1. The summed E-state index contributed by atoms with van der Waals surface area (Å²) < 4.78 is 11.1. The van der Waals surface area contributed by atoms with Gasteiger partial charge in [-0.2, -0.15) is 0 Å². The van der Waals surface area contributed by atoms with E-state index in [0.29, 0.717) is 30.7 Å². The van der Waals surface area contributed by atoms with Gasteiger partial charge in [0.15, 0.2) is 17.5 Å². The number of amides is 1. The second-order valence-electron chi connectivity index (χ2n) is 5.63. The summed E-state index contributed by atoms with van der Waals surface area (Å²) in [7, 11) is 0. The van der Waals surface area contributed by atoms with Gasteiger partial charge in [-0.3, -0.25) is 15.1 Å². The summed E-state index contributed by atoms with van der Waals surface area (Å²) in [5, 5.41) is 5.95. The first-order chi connectivity index (χ1) is 9.99. The molecule has 2 N–H and O–H groups in total. The van der Waals surface area contributed by atoms with Crippen LogP contribution in [-0.4, -0.2) is 31.1 Å². The Labute approximate surface area is 123 Å². The maximum absolute atomic E-state index is 12.3. The minimum absolute atomic E-state index is 0.107. The molecular weight excluding hydrogens is 270 g/mol. The first kappa shape index (κ1) is 13.7. The van der Waals surface area contributed by atoms with Gasteiger partial charge < -0.3 is 14.8 Å². The van der Waals surface area contributed by atoms with Crippen molar-refractivity contribution in [1.29, 1.82) is 0 Å². The van der Waals surface area contributed by atoms with Crippen molar-refractivity contribution in [1.82, 2.24) is 10.6 Å². The molecular formula is C15H19N3O3. The molecule has 1 saturated heterocycles. The van der Waals surface area contributed by atoms with Gasteiger partial charge in [0.05, 0.1) is 0 Å². The van der Waals surface area contributed by atoms with E-state index in [4.69, 9.17) is 9.47 Å². The Balaban J connectivity index is 1.94. The fourth-order valence-electron chi connectivity index (χ4n) is 2.44. The summed E-state index contributed by atoms with van der Waals surface area (Å²) in [6.07, 6.45) is 0. The van der Waals surface area contributed by atoms with E-state index in [1.807, 2.05) is 39.0 Å². The quantitative estimate of drug-likeness (QED) is 0.857. The van der Waals surface area contributed by atoms with Crippen LogP contribution < -0.4 is 20.1 Å². The first-order valence-corrected chi connectivity index (χ1v) is 7.06. The summed E-state index contributed by atoms with van der Waals surface area (Å²) in [5.74, 6) is 1.76. The number of hydrogen-bond acceptors (Lipinski definition) is 4. The van der Waals surface area contributed by atoms with Crippen molar-refractivity contribution in [2.75, 3.05) is 13.2 Å². The zero-order valence-corrected chi connectivity index (χ0v) is 12.4. The van der Waals surface area contributed by atoms with E-state index in [9.17, 15) is 4.79 Å². The fraction of sp³-hybridized carbons (Fsp3) is 0.467. The average molecular weight is 289 g/mol. The third kappa shape index (κ3) is 2.41. The maximum Gasteiger partial charge on any atom is 0.256 e. The Morgan fingerprint density at radius 3 is 2.67 bits per heavy atom. The third-order valence-electron chi connectivity index (χ3n) is 3.56. The summed E-state index contributed by atoms with van der Waals surface area (Å²) in [6, 6.07) is 5.66. The van der Waals surface area contributed by atoms with Crippen LogP contribution in [0.1, 0.15) is 26.3 Å². The minimum Gasteiger partial charge on any atom is -0.486 e. The number of ether oxygens (including phenoxy) is 2. The van der Waals surface area contributed by atoms with E-state index < -0.39 is 5.54 Å². The van der Waals surface area contributed by atoms with E-state index in [0.717, 1.165) is 5.56 Å². The number of rotatable bonds is 2.